The van der Waals surface area contributed by atoms with E-state index >= 15 is 0 Å². The molecule has 0 radical (unpaired) electrons. The van der Waals surface area contributed by atoms with Crippen molar-refractivity contribution in [3.05, 3.63) is 0 Å². The molecule has 0 aromatic heterocycles. The summed E-state index contributed by atoms with van der Waals surface area (Å²) in [5.74, 6) is 2.79. The van der Waals surface area contributed by atoms with Gasteiger partial charge in [0.1, 0.15) is 0 Å². The summed E-state index contributed by atoms with van der Waals surface area (Å²) < 4.78 is 10.6. The predicted octanol–water partition coefficient (Wildman–Crippen LogP) is 0.659. The molecule has 1 aliphatic rings. The van der Waals surface area contributed by atoms with Crippen molar-refractivity contribution in [2.45, 2.75) is 25.6 Å². The Balaban J connectivity index is 2.08. The van der Waals surface area contributed by atoms with Crippen molar-refractivity contribution < 1.29 is 9.47 Å². The zero-order valence-electron chi connectivity index (χ0n) is 6.34. The molecule has 1 saturated heterocycles. The van der Waals surface area contributed by atoms with E-state index in [1.807, 2.05) is 0 Å². The molecule has 1 atom stereocenters. The topological polar surface area (TPSA) is 18.5 Å². The molecule has 0 N–H and O–H groups in total. The van der Waals surface area contributed by atoms with E-state index < -0.39 is 0 Å². The summed E-state index contributed by atoms with van der Waals surface area (Å²) >= 11 is 2.60. The average Bonchev–Trinajstić information content (AvgIpc) is 2.07. The van der Waals surface area contributed by atoms with Gasteiger partial charge < -0.3 is 0 Å². The van der Waals surface area contributed by atoms with Crippen LogP contribution in [-0.2, 0) is 9.47 Å². The molecular weight excluding hydrogens is 207 g/mol. The van der Waals surface area contributed by atoms with Gasteiger partial charge >= 0.3 is 75.0 Å². The first-order valence-electron chi connectivity index (χ1n) is 3.76. The Morgan fingerprint density at radius 1 is 1.55 bits per heavy atom. The van der Waals surface area contributed by atoms with Crippen LogP contribution < -0.4 is 0 Å². The van der Waals surface area contributed by atoms with E-state index in [-0.39, 0.29) is 6.29 Å². The minimum absolute atomic E-state index is 0.00963. The molecule has 1 unspecified atom stereocenters. The summed E-state index contributed by atoms with van der Waals surface area (Å²) in [5.41, 5.74) is 0. The van der Waals surface area contributed by atoms with Crippen molar-refractivity contribution in [3.63, 3.8) is 0 Å². The minimum atomic E-state index is -0.00963. The van der Waals surface area contributed by atoms with Gasteiger partial charge in [0.2, 0.25) is 0 Å². The molecular formula is C8H11O2Se-. The van der Waals surface area contributed by atoms with Crippen molar-refractivity contribution in [3.8, 4) is 10.7 Å². The molecule has 1 rings (SSSR count). The van der Waals surface area contributed by atoms with Gasteiger partial charge in [-0.15, -0.1) is 0 Å². The molecule has 1 fully saturated rings. The predicted molar refractivity (Wildman–Crippen MR) is 43.1 cm³/mol. The Labute approximate surface area is 75.4 Å². The van der Waals surface area contributed by atoms with Crippen LogP contribution in [0.1, 0.15) is 19.3 Å². The fraction of sp³-hybridized carbons (Fsp3) is 0.750. The zero-order chi connectivity index (χ0) is 7.94. The Bertz CT molecular complexity index is 153. The van der Waals surface area contributed by atoms with Gasteiger partial charge in [-0.25, -0.2) is 0 Å². The second-order valence-electron chi connectivity index (χ2n) is 2.39. The third kappa shape index (κ3) is 3.79. The van der Waals surface area contributed by atoms with Crippen LogP contribution in [0, 0.1) is 10.7 Å². The molecule has 0 aliphatic carbocycles. The van der Waals surface area contributed by atoms with E-state index in [0.717, 1.165) is 19.4 Å². The molecule has 11 heavy (non-hydrogen) atoms. The third-order valence-electron chi connectivity index (χ3n) is 1.55. The van der Waals surface area contributed by atoms with Gasteiger partial charge in [0.15, 0.2) is 0 Å². The molecule has 2 nitrogen and oxygen atoms in total. The Morgan fingerprint density at radius 2 is 2.45 bits per heavy atom. The molecule has 0 saturated carbocycles. The van der Waals surface area contributed by atoms with Crippen LogP contribution >= 0.6 is 0 Å². The summed E-state index contributed by atoms with van der Waals surface area (Å²) in [6.07, 6.45) is 3.36. The molecule has 0 bridgehead atoms. The van der Waals surface area contributed by atoms with Gasteiger partial charge in [-0.1, -0.05) is 0 Å². The van der Waals surface area contributed by atoms with Crippen LogP contribution in [0.4, 0.5) is 0 Å². The van der Waals surface area contributed by atoms with Crippen molar-refractivity contribution in [1.82, 2.24) is 0 Å². The second kappa shape index (κ2) is 5.62. The second-order valence-corrected chi connectivity index (χ2v) is 2.81. The summed E-state index contributed by atoms with van der Waals surface area (Å²) in [6, 6.07) is 0. The SMILES string of the molecule is [Se-]C#CCOC1CCCCO1. The van der Waals surface area contributed by atoms with Crippen molar-refractivity contribution in [1.29, 1.82) is 0 Å². The van der Waals surface area contributed by atoms with Crippen molar-refractivity contribution in [2.75, 3.05) is 13.2 Å². The first-order valence-corrected chi connectivity index (χ1v) is 4.62. The van der Waals surface area contributed by atoms with Gasteiger partial charge in [-0.2, -0.15) is 0 Å². The monoisotopic (exact) mass is 219 g/mol. The van der Waals surface area contributed by atoms with E-state index in [9.17, 15) is 0 Å². The fourth-order valence-electron chi connectivity index (χ4n) is 1.01. The van der Waals surface area contributed by atoms with E-state index in [1.54, 1.807) is 0 Å². The number of hydrogen-bond donors (Lipinski definition) is 0. The van der Waals surface area contributed by atoms with Gasteiger partial charge in [0.25, 0.3) is 0 Å². The van der Waals surface area contributed by atoms with Crippen LogP contribution in [0.2, 0.25) is 0 Å². The molecule has 0 aromatic rings. The number of hydrogen-bond acceptors (Lipinski definition) is 2. The Kier molecular flexibility index (Phi) is 4.65. The van der Waals surface area contributed by atoms with Crippen molar-refractivity contribution in [2.24, 2.45) is 0 Å². The summed E-state index contributed by atoms with van der Waals surface area (Å²) in [4.78, 5) is 2.65. The molecule has 1 heterocycles. The quantitative estimate of drug-likeness (QED) is 0.500. The first-order chi connectivity index (χ1) is 5.43. The third-order valence-corrected chi connectivity index (χ3v) is 1.85. The van der Waals surface area contributed by atoms with E-state index in [2.05, 4.69) is 26.8 Å². The summed E-state index contributed by atoms with van der Waals surface area (Å²) in [5, 5.41) is 0. The van der Waals surface area contributed by atoms with Crippen LogP contribution in [0.5, 0.6) is 0 Å². The van der Waals surface area contributed by atoms with Gasteiger partial charge in [-0.3, -0.25) is 0 Å². The number of ether oxygens (including phenoxy) is 2. The van der Waals surface area contributed by atoms with Gasteiger partial charge in [0, 0.05) is 0 Å². The first kappa shape index (κ1) is 9.09. The van der Waals surface area contributed by atoms with Crippen LogP contribution in [0.25, 0.3) is 0 Å². The Morgan fingerprint density at radius 3 is 3.09 bits per heavy atom. The zero-order valence-corrected chi connectivity index (χ0v) is 8.05. The average molecular weight is 218 g/mol. The Hall–Kier alpha value is -0.000519. The fourth-order valence-corrected chi connectivity index (χ4v) is 1.13. The molecule has 1 aliphatic heterocycles. The maximum absolute atomic E-state index is 5.32. The molecule has 0 spiro atoms. The summed E-state index contributed by atoms with van der Waals surface area (Å²) in [7, 11) is 0. The standard InChI is InChI=1S/C8H12O2Se/c11-7-3-6-10-8-4-1-2-5-9-8/h8,11H,1-2,4-6H2/p-1. The molecule has 3 heteroatoms. The van der Waals surface area contributed by atoms with Crippen LogP contribution in [0.15, 0.2) is 0 Å². The molecule has 0 aromatic carbocycles. The maximum atomic E-state index is 5.32. The van der Waals surface area contributed by atoms with E-state index in [0.29, 0.717) is 6.61 Å². The normalized spacial score (nSPS) is 23.8. The van der Waals surface area contributed by atoms with Gasteiger partial charge in [0.05, 0.1) is 0 Å². The van der Waals surface area contributed by atoms with Crippen LogP contribution in [-0.4, -0.2) is 35.5 Å². The van der Waals surface area contributed by atoms with Crippen molar-refractivity contribution >= 4 is 16.0 Å². The molecule has 0 amide bonds. The van der Waals surface area contributed by atoms with E-state index in [1.165, 1.54) is 6.42 Å². The van der Waals surface area contributed by atoms with Gasteiger partial charge in [-0.05, 0) is 0 Å². The summed E-state index contributed by atoms with van der Waals surface area (Å²) in [6.45, 7) is 1.30. The molecule has 62 valence electrons. The number of rotatable bonds is 2. The van der Waals surface area contributed by atoms with E-state index in [4.69, 9.17) is 9.47 Å². The van der Waals surface area contributed by atoms with Crippen LogP contribution in [0.3, 0.4) is 0 Å².